The maximum atomic E-state index is 12.4. The molecule has 1 heterocycles. The summed E-state index contributed by atoms with van der Waals surface area (Å²) in [5.41, 5.74) is 0.117. The molecule has 6 heteroatoms. The Kier molecular flexibility index (Phi) is 4.86. The summed E-state index contributed by atoms with van der Waals surface area (Å²) >= 11 is 1.27. The van der Waals surface area contributed by atoms with Crippen molar-refractivity contribution in [2.45, 2.75) is 17.1 Å². The maximum Gasteiger partial charge on any atom is 0.417 e. The maximum absolute atomic E-state index is 12.4. The average Bonchev–Trinajstić information content (AvgIpc) is 2.48. The summed E-state index contributed by atoms with van der Waals surface area (Å²) < 4.78 is 37.3. The molecule has 2 nitrogen and oxygen atoms in total. The number of aromatic nitrogens is 1. The van der Waals surface area contributed by atoms with Crippen molar-refractivity contribution in [3.63, 3.8) is 0 Å². The number of benzene rings is 1. The van der Waals surface area contributed by atoms with E-state index in [-0.39, 0.29) is 5.92 Å². The lowest BCUT2D eigenvalue weighted by Gasteiger charge is -2.09. The Labute approximate surface area is 124 Å². The summed E-state index contributed by atoms with van der Waals surface area (Å²) in [4.78, 5) is 3.78. The van der Waals surface area contributed by atoms with Crippen LogP contribution < -0.4 is 0 Å². The van der Waals surface area contributed by atoms with Gasteiger partial charge in [0.15, 0.2) is 0 Å². The van der Waals surface area contributed by atoms with Gasteiger partial charge in [0, 0.05) is 11.9 Å². The Hall–Kier alpha value is -2.00. The number of nitriles is 1. The first-order valence-corrected chi connectivity index (χ1v) is 7.10. The summed E-state index contributed by atoms with van der Waals surface area (Å²) in [6.45, 7) is 0. The van der Waals surface area contributed by atoms with Crippen LogP contribution in [0.5, 0.6) is 0 Å². The lowest BCUT2D eigenvalue weighted by Crippen LogP contribution is -2.05. The monoisotopic (exact) mass is 308 g/mol. The van der Waals surface area contributed by atoms with Crippen LogP contribution in [-0.2, 0) is 6.18 Å². The Bertz CT molecular complexity index is 618. The van der Waals surface area contributed by atoms with Crippen molar-refractivity contribution < 1.29 is 13.2 Å². The minimum atomic E-state index is -4.38. The molecule has 21 heavy (non-hydrogen) atoms. The van der Waals surface area contributed by atoms with Crippen LogP contribution in [0, 0.1) is 11.3 Å². The van der Waals surface area contributed by atoms with Gasteiger partial charge in [0.2, 0.25) is 0 Å². The number of alkyl halides is 3. The molecule has 1 aromatic carbocycles. The van der Waals surface area contributed by atoms with Crippen LogP contribution in [0.25, 0.3) is 0 Å². The van der Waals surface area contributed by atoms with E-state index in [9.17, 15) is 18.4 Å². The zero-order chi connectivity index (χ0) is 15.3. The highest BCUT2D eigenvalue weighted by molar-refractivity contribution is 7.99. The highest BCUT2D eigenvalue weighted by Crippen LogP contribution is 2.30. The standard InChI is InChI=1S/C15H11F3N2S/c16-15(17,18)13-6-7-14(20-9-13)21-10-12(8-19)11-4-2-1-3-5-11/h1-7,9,12H,10H2. The molecule has 0 radical (unpaired) electrons. The largest absolute Gasteiger partial charge is 0.417 e. The zero-order valence-corrected chi connectivity index (χ0v) is 11.7. The van der Waals surface area contributed by atoms with Gasteiger partial charge in [-0.25, -0.2) is 4.98 Å². The van der Waals surface area contributed by atoms with E-state index in [0.29, 0.717) is 10.8 Å². The van der Waals surface area contributed by atoms with Crippen molar-refractivity contribution in [1.29, 1.82) is 5.26 Å². The van der Waals surface area contributed by atoms with E-state index in [2.05, 4.69) is 11.1 Å². The zero-order valence-electron chi connectivity index (χ0n) is 10.8. The second-order valence-corrected chi connectivity index (χ2v) is 5.33. The quantitative estimate of drug-likeness (QED) is 0.780. The van der Waals surface area contributed by atoms with E-state index < -0.39 is 11.7 Å². The molecule has 1 atom stereocenters. The van der Waals surface area contributed by atoms with E-state index in [4.69, 9.17) is 0 Å². The molecule has 0 saturated heterocycles. The molecule has 0 aliphatic heterocycles. The molecular formula is C15H11F3N2S. The molecule has 2 aromatic rings. The van der Waals surface area contributed by atoms with Gasteiger partial charge in [0.1, 0.15) is 0 Å². The third kappa shape index (κ3) is 4.23. The molecule has 0 N–H and O–H groups in total. The third-order valence-corrected chi connectivity index (χ3v) is 3.86. The van der Waals surface area contributed by atoms with Gasteiger partial charge < -0.3 is 0 Å². The molecule has 0 amide bonds. The Morgan fingerprint density at radius 1 is 1.14 bits per heavy atom. The van der Waals surface area contributed by atoms with E-state index >= 15 is 0 Å². The predicted molar refractivity (Wildman–Crippen MR) is 74.8 cm³/mol. The lowest BCUT2D eigenvalue weighted by molar-refractivity contribution is -0.137. The van der Waals surface area contributed by atoms with Crippen molar-refractivity contribution in [3.8, 4) is 6.07 Å². The van der Waals surface area contributed by atoms with Crippen molar-refractivity contribution >= 4 is 11.8 Å². The fourth-order valence-corrected chi connectivity index (χ4v) is 2.59. The summed E-state index contributed by atoms with van der Waals surface area (Å²) in [6, 6.07) is 13.8. The molecule has 0 aliphatic carbocycles. The van der Waals surface area contributed by atoms with Gasteiger partial charge in [-0.1, -0.05) is 30.3 Å². The highest BCUT2D eigenvalue weighted by atomic mass is 32.2. The molecule has 0 aliphatic rings. The number of hydrogen-bond donors (Lipinski definition) is 0. The number of thioether (sulfide) groups is 1. The van der Waals surface area contributed by atoms with Crippen LogP contribution in [0.15, 0.2) is 53.7 Å². The molecule has 1 unspecified atom stereocenters. The average molecular weight is 308 g/mol. The minimum absolute atomic E-state index is 0.319. The summed E-state index contributed by atoms with van der Waals surface area (Å²) in [6.07, 6.45) is -3.57. The minimum Gasteiger partial charge on any atom is -0.249 e. The SMILES string of the molecule is N#CC(CSc1ccc(C(F)(F)F)cn1)c1ccccc1. The number of nitrogens with zero attached hydrogens (tertiary/aromatic N) is 2. The van der Waals surface area contributed by atoms with Crippen LogP contribution >= 0.6 is 11.8 Å². The third-order valence-electron chi connectivity index (χ3n) is 2.82. The molecule has 0 fully saturated rings. The van der Waals surface area contributed by atoms with E-state index in [1.165, 1.54) is 17.8 Å². The number of hydrogen-bond acceptors (Lipinski definition) is 3. The first-order valence-electron chi connectivity index (χ1n) is 6.11. The first kappa shape index (κ1) is 15.4. The second kappa shape index (κ2) is 6.64. The van der Waals surface area contributed by atoms with E-state index in [0.717, 1.165) is 17.8 Å². The van der Waals surface area contributed by atoms with Crippen molar-refractivity contribution in [3.05, 3.63) is 59.8 Å². The van der Waals surface area contributed by atoms with Crippen molar-refractivity contribution in [2.75, 3.05) is 5.75 Å². The Morgan fingerprint density at radius 2 is 1.86 bits per heavy atom. The van der Waals surface area contributed by atoms with Gasteiger partial charge in [0.05, 0.1) is 22.6 Å². The van der Waals surface area contributed by atoms with Crippen LogP contribution in [0.4, 0.5) is 13.2 Å². The Morgan fingerprint density at radius 3 is 2.38 bits per heavy atom. The first-order chi connectivity index (χ1) is 10.0. The van der Waals surface area contributed by atoms with Gasteiger partial charge in [-0.15, -0.1) is 11.8 Å². The number of pyridine rings is 1. The van der Waals surface area contributed by atoms with Crippen molar-refractivity contribution in [2.24, 2.45) is 0 Å². The lowest BCUT2D eigenvalue weighted by atomic mass is 10.0. The second-order valence-electron chi connectivity index (χ2n) is 4.29. The van der Waals surface area contributed by atoms with Gasteiger partial charge in [-0.2, -0.15) is 18.4 Å². The van der Waals surface area contributed by atoms with Crippen LogP contribution in [0.2, 0.25) is 0 Å². The summed E-state index contributed by atoms with van der Waals surface area (Å²) in [5, 5.41) is 9.65. The smallest absolute Gasteiger partial charge is 0.249 e. The molecular weight excluding hydrogens is 297 g/mol. The van der Waals surface area contributed by atoms with Gasteiger partial charge >= 0.3 is 6.18 Å². The van der Waals surface area contributed by atoms with E-state index in [1.54, 1.807) is 0 Å². The molecule has 2 rings (SSSR count). The fraction of sp³-hybridized carbons (Fsp3) is 0.200. The van der Waals surface area contributed by atoms with Crippen molar-refractivity contribution in [1.82, 2.24) is 4.98 Å². The number of halogens is 3. The molecule has 0 saturated carbocycles. The normalized spacial score (nSPS) is 12.7. The predicted octanol–water partition coefficient (Wildman–Crippen LogP) is 4.50. The van der Waals surface area contributed by atoms with Crippen LogP contribution in [0.1, 0.15) is 17.0 Å². The topological polar surface area (TPSA) is 36.7 Å². The van der Waals surface area contributed by atoms with Gasteiger partial charge in [0.25, 0.3) is 0 Å². The van der Waals surface area contributed by atoms with Gasteiger partial charge in [-0.05, 0) is 17.7 Å². The van der Waals surface area contributed by atoms with Crippen LogP contribution in [-0.4, -0.2) is 10.7 Å². The summed E-state index contributed by atoms with van der Waals surface area (Å²) in [5.74, 6) is 0.124. The molecule has 108 valence electrons. The Balaban J connectivity index is 2.01. The highest BCUT2D eigenvalue weighted by Gasteiger charge is 2.30. The molecule has 0 spiro atoms. The summed E-state index contributed by atoms with van der Waals surface area (Å²) in [7, 11) is 0. The molecule has 0 bridgehead atoms. The van der Waals surface area contributed by atoms with Crippen LogP contribution in [0.3, 0.4) is 0 Å². The van der Waals surface area contributed by atoms with Gasteiger partial charge in [-0.3, -0.25) is 0 Å². The number of rotatable bonds is 4. The van der Waals surface area contributed by atoms with E-state index in [1.807, 2.05) is 30.3 Å². The fourth-order valence-electron chi connectivity index (χ4n) is 1.70. The molecule has 1 aromatic heterocycles.